The van der Waals surface area contributed by atoms with Crippen molar-refractivity contribution in [2.45, 2.75) is 12.3 Å². The zero-order valence-corrected chi connectivity index (χ0v) is 13.6. The van der Waals surface area contributed by atoms with Crippen LogP contribution in [0.3, 0.4) is 0 Å². The molecule has 0 radical (unpaired) electrons. The number of nitrogens with zero attached hydrogens (tertiary/aromatic N) is 1. The molecule has 124 valence electrons. The number of sulfonamides is 1. The van der Waals surface area contributed by atoms with Gasteiger partial charge in [0, 0.05) is 18.0 Å². The molecule has 7 heteroatoms. The van der Waals surface area contributed by atoms with Crippen molar-refractivity contribution >= 4 is 26.7 Å². The molecule has 3 N–H and O–H groups in total. The number of hydrogen-bond donors (Lipinski definition) is 2. The van der Waals surface area contributed by atoms with Gasteiger partial charge in [-0.2, -0.15) is 0 Å². The Morgan fingerprint density at radius 3 is 2.38 bits per heavy atom. The van der Waals surface area contributed by atoms with Crippen LogP contribution in [0.2, 0.25) is 0 Å². The van der Waals surface area contributed by atoms with Gasteiger partial charge in [-0.25, -0.2) is 22.9 Å². The highest BCUT2D eigenvalue weighted by Gasteiger charge is 2.05. The largest absolute Gasteiger partial charge is 0.366 e. The number of anilines is 1. The Bertz CT molecular complexity index is 973. The summed E-state index contributed by atoms with van der Waals surface area (Å²) in [4.78, 5) is 4.37. The van der Waals surface area contributed by atoms with Crippen LogP contribution in [0.15, 0.2) is 54.6 Å². The zero-order valence-electron chi connectivity index (χ0n) is 12.7. The van der Waals surface area contributed by atoms with E-state index in [0.717, 1.165) is 10.9 Å². The summed E-state index contributed by atoms with van der Waals surface area (Å²) in [5, 5.41) is 9.05. The predicted molar refractivity (Wildman–Crippen MR) is 92.3 cm³/mol. The van der Waals surface area contributed by atoms with Crippen molar-refractivity contribution in [3.8, 4) is 0 Å². The number of fused-ring (bicyclic) bond motifs is 1. The van der Waals surface area contributed by atoms with Gasteiger partial charge in [0.25, 0.3) is 0 Å². The average molecular weight is 345 g/mol. The van der Waals surface area contributed by atoms with E-state index in [-0.39, 0.29) is 11.6 Å². The molecule has 24 heavy (non-hydrogen) atoms. The molecule has 3 aromatic rings. The Hall–Kier alpha value is -2.51. The van der Waals surface area contributed by atoms with Crippen LogP contribution in [-0.4, -0.2) is 13.4 Å². The molecule has 0 aliphatic rings. The smallest absolute Gasteiger partial charge is 0.213 e. The fourth-order valence-corrected chi connectivity index (χ4v) is 3.02. The monoisotopic (exact) mass is 345 g/mol. The normalized spacial score (nSPS) is 11.6. The molecule has 0 aliphatic carbocycles. The maximum Gasteiger partial charge on any atom is 0.213 e. The molecule has 0 fully saturated rings. The minimum Gasteiger partial charge on any atom is -0.366 e. The van der Waals surface area contributed by atoms with Crippen molar-refractivity contribution in [3.63, 3.8) is 0 Å². The van der Waals surface area contributed by atoms with Gasteiger partial charge in [-0.15, -0.1) is 0 Å². The third-order valence-electron chi connectivity index (χ3n) is 3.52. The number of primary sulfonamides is 1. The van der Waals surface area contributed by atoms with Crippen LogP contribution in [0, 0.1) is 5.82 Å². The first-order valence-corrected chi connectivity index (χ1v) is 8.99. The van der Waals surface area contributed by atoms with E-state index in [2.05, 4.69) is 10.3 Å². The molecule has 5 nitrogen and oxygen atoms in total. The van der Waals surface area contributed by atoms with Gasteiger partial charge < -0.3 is 5.32 Å². The summed E-state index contributed by atoms with van der Waals surface area (Å²) in [6.07, 6.45) is 0. The summed E-state index contributed by atoms with van der Waals surface area (Å²) >= 11 is 0. The molecule has 0 saturated carbocycles. The number of rotatable bonds is 5. The summed E-state index contributed by atoms with van der Waals surface area (Å²) in [6, 6.07) is 15.3. The van der Waals surface area contributed by atoms with Crippen molar-refractivity contribution in [3.05, 3.63) is 71.5 Å². The SMILES string of the molecule is NS(=O)(=O)Cc1ccc(CNc2ccc3ccc(F)cc3n2)cc1. The van der Waals surface area contributed by atoms with Gasteiger partial charge in [-0.05, 0) is 35.4 Å². The number of nitrogens with two attached hydrogens (primary N) is 1. The Morgan fingerprint density at radius 1 is 1.00 bits per heavy atom. The molecule has 2 aromatic carbocycles. The van der Waals surface area contributed by atoms with Gasteiger partial charge >= 0.3 is 0 Å². The van der Waals surface area contributed by atoms with Crippen LogP contribution in [-0.2, 0) is 22.3 Å². The first-order chi connectivity index (χ1) is 11.4. The minimum atomic E-state index is -3.53. The first-order valence-electron chi connectivity index (χ1n) is 7.27. The van der Waals surface area contributed by atoms with Crippen LogP contribution in [0.25, 0.3) is 10.9 Å². The lowest BCUT2D eigenvalue weighted by Gasteiger charge is -2.08. The maximum atomic E-state index is 13.3. The molecule has 0 saturated heterocycles. The van der Waals surface area contributed by atoms with Crippen LogP contribution in [0.1, 0.15) is 11.1 Å². The third kappa shape index (κ3) is 4.27. The topological polar surface area (TPSA) is 85.1 Å². The van der Waals surface area contributed by atoms with Crippen LogP contribution < -0.4 is 10.5 Å². The van der Waals surface area contributed by atoms with E-state index >= 15 is 0 Å². The highest BCUT2D eigenvalue weighted by atomic mass is 32.2. The van der Waals surface area contributed by atoms with E-state index in [1.807, 2.05) is 24.3 Å². The van der Waals surface area contributed by atoms with Gasteiger partial charge in [0.2, 0.25) is 10.0 Å². The van der Waals surface area contributed by atoms with Crippen LogP contribution in [0.4, 0.5) is 10.2 Å². The number of benzene rings is 2. The molecule has 0 amide bonds. The summed E-state index contributed by atoms with van der Waals surface area (Å²) in [5.74, 6) is 0.137. The molecule has 0 spiro atoms. The third-order valence-corrected chi connectivity index (χ3v) is 4.25. The summed E-state index contributed by atoms with van der Waals surface area (Å²) in [6.45, 7) is 0.517. The quantitative estimate of drug-likeness (QED) is 0.745. The highest BCUT2D eigenvalue weighted by Crippen LogP contribution is 2.17. The molecule has 3 rings (SSSR count). The second kappa shape index (κ2) is 6.54. The van der Waals surface area contributed by atoms with E-state index in [1.54, 1.807) is 18.2 Å². The molecule has 0 unspecified atom stereocenters. The summed E-state index contributed by atoms with van der Waals surface area (Å²) in [5.41, 5.74) is 2.19. The number of halogens is 1. The Balaban J connectivity index is 1.69. The standard InChI is InChI=1S/C17H16FN3O2S/c18-15-7-5-14-6-8-17(21-16(14)9-15)20-10-12-1-3-13(4-2-12)11-24(19,22)23/h1-9H,10-11H2,(H,20,21)(H2,19,22,23). The van der Waals surface area contributed by atoms with Crippen LogP contribution >= 0.6 is 0 Å². The Morgan fingerprint density at radius 2 is 1.67 bits per heavy atom. The predicted octanol–water partition coefficient (Wildman–Crippen LogP) is 2.77. The Labute approximate surface area is 139 Å². The number of pyridine rings is 1. The second-order valence-electron chi connectivity index (χ2n) is 5.51. The summed E-state index contributed by atoms with van der Waals surface area (Å²) in [7, 11) is -3.53. The zero-order chi connectivity index (χ0) is 17.2. The van der Waals surface area contributed by atoms with Crippen molar-refractivity contribution in [1.29, 1.82) is 0 Å². The van der Waals surface area contributed by atoms with Crippen molar-refractivity contribution in [2.75, 3.05) is 5.32 Å². The molecular formula is C17H16FN3O2S. The van der Waals surface area contributed by atoms with Crippen molar-refractivity contribution < 1.29 is 12.8 Å². The van der Waals surface area contributed by atoms with E-state index in [0.29, 0.717) is 23.4 Å². The lowest BCUT2D eigenvalue weighted by atomic mass is 10.1. The molecule has 0 aliphatic heterocycles. The number of aromatic nitrogens is 1. The molecule has 1 heterocycles. The van der Waals surface area contributed by atoms with Gasteiger partial charge in [-0.3, -0.25) is 0 Å². The molecular weight excluding hydrogens is 329 g/mol. The lowest BCUT2D eigenvalue weighted by Crippen LogP contribution is -2.14. The average Bonchev–Trinajstić information content (AvgIpc) is 2.52. The van der Waals surface area contributed by atoms with Gasteiger partial charge in [0.05, 0.1) is 11.3 Å². The maximum absolute atomic E-state index is 13.3. The Kier molecular flexibility index (Phi) is 4.46. The van der Waals surface area contributed by atoms with E-state index in [1.165, 1.54) is 12.1 Å². The van der Waals surface area contributed by atoms with E-state index in [4.69, 9.17) is 5.14 Å². The fraction of sp³-hybridized carbons (Fsp3) is 0.118. The fourth-order valence-electron chi connectivity index (χ4n) is 2.37. The lowest BCUT2D eigenvalue weighted by molar-refractivity contribution is 0.597. The van der Waals surface area contributed by atoms with Gasteiger partial charge in [0.15, 0.2) is 0 Å². The second-order valence-corrected chi connectivity index (χ2v) is 7.13. The number of nitrogens with one attached hydrogen (secondary N) is 1. The van der Waals surface area contributed by atoms with Crippen LogP contribution in [0.5, 0.6) is 0 Å². The number of hydrogen-bond acceptors (Lipinski definition) is 4. The summed E-state index contributed by atoms with van der Waals surface area (Å²) < 4.78 is 35.4. The first kappa shape index (κ1) is 16.4. The minimum absolute atomic E-state index is 0.182. The molecule has 1 aromatic heterocycles. The van der Waals surface area contributed by atoms with E-state index in [9.17, 15) is 12.8 Å². The van der Waals surface area contributed by atoms with Crippen molar-refractivity contribution in [2.24, 2.45) is 5.14 Å². The van der Waals surface area contributed by atoms with E-state index < -0.39 is 10.0 Å². The van der Waals surface area contributed by atoms with Gasteiger partial charge in [0.1, 0.15) is 11.6 Å². The van der Waals surface area contributed by atoms with Gasteiger partial charge in [-0.1, -0.05) is 24.3 Å². The van der Waals surface area contributed by atoms with Crippen molar-refractivity contribution in [1.82, 2.24) is 4.98 Å². The highest BCUT2D eigenvalue weighted by molar-refractivity contribution is 7.88. The molecule has 0 bridgehead atoms. The molecule has 0 atom stereocenters.